The summed E-state index contributed by atoms with van der Waals surface area (Å²) in [5.41, 5.74) is 0. The second-order valence-corrected chi connectivity index (χ2v) is 1.31. The van der Waals surface area contributed by atoms with Gasteiger partial charge >= 0.3 is 6.16 Å². The summed E-state index contributed by atoms with van der Waals surface area (Å²) in [6.07, 6.45) is 1.67. The summed E-state index contributed by atoms with van der Waals surface area (Å²) in [7, 11) is 0. The van der Waals surface area contributed by atoms with E-state index < -0.39 is 6.16 Å². The van der Waals surface area contributed by atoms with E-state index >= 15 is 0 Å². The first-order valence-corrected chi connectivity index (χ1v) is 2.50. The molecule has 2 N–H and O–H groups in total. The molecule has 0 aliphatic heterocycles. The summed E-state index contributed by atoms with van der Waals surface area (Å²) in [6.45, 7) is 0. The third kappa shape index (κ3) is 17.6. The smallest absolute Gasteiger partial charge is 0.450 e. The average Bonchev–Trinajstić information content (AvgIpc) is 1.90. The van der Waals surface area contributed by atoms with Crippen molar-refractivity contribution in [1.29, 1.82) is 0 Å². The van der Waals surface area contributed by atoms with Crippen LogP contribution < -0.4 is 0 Å². The maximum Gasteiger partial charge on any atom is 0.503 e. The predicted octanol–water partition coefficient (Wildman–Crippen LogP) is 1.30. The molecule has 0 aliphatic carbocycles. The second kappa shape index (κ2) is 9.04. The first-order valence-electron chi connectivity index (χ1n) is 2.50. The first-order chi connectivity index (χ1) is 4.73. The molecule has 0 fully saturated rings. The number of carboxylic acid groups (broad SMARTS) is 2. The Balaban J connectivity index is 0. The minimum Gasteiger partial charge on any atom is -0.450 e. The van der Waals surface area contributed by atoms with Crippen molar-refractivity contribution >= 4 is 6.16 Å². The number of hydrogen-bond acceptors (Lipinski definition) is 2. The fourth-order valence-corrected chi connectivity index (χ4v) is 0.313. The zero-order valence-corrected chi connectivity index (χ0v) is 7.23. The molecule has 1 aromatic rings. The van der Waals surface area contributed by atoms with Gasteiger partial charge < -0.3 is 10.2 Å². The summed E-state index contributed by atoms with van der Waals surface area (Å²) in [4.78, 5) is 12.3. The van der Waals surface area contributed by atoms with E-state index in [2.05, 4.69) is 4.98 Å². The minimum absolute atomic E-state index is 0. The van der Waals surface area contributed by atoms with Crippen LogP contribution in [0.3, 0.4) is 0 Å². The van der Waals surface area contributed by atoms with Crippen molar-refractivity contribution in [3.05, 3.63) is 30.6 Å². The summed E-state index contributed by atoms with van der Waals surface area (Å²) in [5, 5.41) is 13.9. The molecule has 1 heterocycles. The van der Waals surface area contributed by atoms with Crippen LogP contribution in [-0.2, 0) is 19.5 Å². The predicted molar refractivity (Wildman–Crippen MR) is 34.9 cm³/mol. The van der Waals surface area contributed by atoms with Crippen molar-refractivity contribution in [2.75, 3.05) is 0 Å². The molecule has 0 spiro atoms. The molecular weight excluding hydrogens is 235 g/mol. The van der Waals surface area contributed by atoms with E-state index in [-0.39, 0.29) is 19.5 Å². The third-order valence-corrected chi connectivity index (χ3v) is 0.566. The van der Waals surface area contributed by atoms with Gasteiger partial charge in [0, 0.05) is 31.9 Å². The van der Waals surface area contributed by atoms with Crippen molar-refractivity contribution in [3.8, 4) is 0 Å². The number of carbonyl (C=O) groups is 1. The fourth-order valence-electron chi connectivity index (χ4n) is 0.313. The molecule has 0 bridgehead atoms. The molecule has 62 valence electrons. The maximum atomic E-state index is 8.56. The molecule has 0 aromatic carbocycles. The van der Waals surface area contributed by atoms with Crippen LogP contribution in [-0.4, -0.2) is 21.4 Å². The molecule has 0 saturated carbocycles. The van der Waals surface area contributed by atoms with Crippen LogP contribution in [0.4, 0.5) is 4.79 Å². The topological polar surface area (TPSA) is 70.4 Å². The Hall–Kier alpha value is -0.957. The molecule has 0 aliphatic rings. The molecule has 0 atom stereocenters. The Bertz CT molecular complexity index is 150. The number of aromatic nitrogens is 1. The Kier molecular flexibility index (Phi) is 10.4. The summed E-state index contributed by atoms with van der Waals surface area (Å²) < 4.78 is 0. The van der Waals surface area contributed by atoms with Gasteiger partial charge in [-0.2, -0.15) is 0 Å². The molecule has 0 amide bonds. The van der Waals surface area contributed by atoms with E-state index in [1.165, 1.54) is 0 Å². The SMILES string of the molecule is O=C(O)O.[Ru].c1ccncc1. The molecule has 1 rings (SSSR count). The number of rotatable bonds is 0. The Morgan fingerprint density at radius 1 is 1.09 bits per heavy atom. The van der Waals surface area contributed by atoms with Gasteiger partial charge in [-0.3, -0.25) is 4.98 Å². The standard InChI is InChI=1S/C5H5N.CH2O3.Ru/c1-2-4-6-5-3-1;2-1(3)4;/h1-5H;(H2,2,3,4);. The summed E-state index contributed by atoms with van der Waals surface area (Å²) >= 11 is 0. The van der Waals surface area contributed by atoms with E-state index in [9.17, 15) is 0 Å². The van der Waals surface area contributed by atoms with Crippen LogP contribution in [0.2, 0.25) is 0 Å². The van der Waals surface area contributed by atoms with Gasteiger partial charge in [-0.25, -0.2) is 4.79 Å². The van der Waals surface area contributed by atoms with Crippen molar-refractivity contribution in [1.82, 2.24) is 4.98 Å². The van der Waals surface area contributed by atoms with Gasteiger partial charge in [0.2, 0.25) is 0 Å². The van der Waals surface area contributed by atoms with E-state index in [0.717, 1.165) is 0 Å². The largest absolute Gasteiger partial charge is 0.503 e. The Labute approximate surface area is 76.7 Å². The molecule has 11 heavy (non-hydrogen) atoms. The van der Waals surface area contributed by atoms with Gasteiger partial charge in [-0.1, -0.05) is 6.07 Å². The molecule has 4 nitrogen and oxygen atoms in total. The molecular formula is C6H7NO3Ru. The number of pyridine rings is 1. The molecule has 0 radical (unpaired) electrons. The van der Waals surface area contributed by atoms with Crippen LogP contribution in [0.5, 0.6) is 0 Å². The maximum absolute atomic E-state index is 8.56. The molecule has 0 saturated heterocycles. The van der Waals surface area contributed by atoms with E-state index in [1.807, 2.05) is 18.2 Å². The van der Waals surface area contributed by atoms with Gasteiger partial charge in [-0.05, 0) is 12.1 Å². The van der Waals surface area contributed by atoms with Gasteiger partial charge in [0.05, 0.1) is 0 Å². The van der Waals surface area contributed by atoms with Crippen LogP contribution in [0.15, 0.2) is 30.6 Å². The van der Waals surface area contributed by atoms with Crippen LogP contribution in [0.25, 0.3) is 0 Å². The van der Waals surface area contributed by atoms with Crippen molar-refractivity contribution < 1.29 is 34.5 Å². The van der Waals surface area contributed by atoms with Crippen LogP contribution in [0.1, 0.15) is 0 Å². The second-order valence-electron chi connectivity index (χ2n) is 1.31. The zero-order chi connectivity index (χ0) is 7.82. The van der Waals surface area contributed by atoms with E-state index in [1.54, 1.807) is 12.4 Å². The van der Waals surface area contributed by atoms with Gasteiger partial charge in [0.25, 0.3) is 0 Å². The Morgan fingerprint density at radius 2 is 1.45 bits per heavy atom. The van der Waals surface area contributed by atoms with Gasteiger partial charge in [-0.15, -0.1) is 0 Å². The molecule has 0 unspecified atom stereocenters. The Morgan fingerprint density at radius 3 is 1.55 bits per heavy atom. The zero-order valence-electron chi connectivity index (χ0n) is 5.49. The summed E-state index contributed by atoms with van der Waals surface area (Å²) in [5.74, 6) is 0. The van der Waals surface area contributed by atoms with Crippen LogP contribution >= 0.6 is 0 Å². The van der Waals surface area contributed by atoms with Crippen LogP contribution in [0, 0.1) is 0 Å². The quantitative estimate of drug-likeness (QED) is 0.673. The fraction of sp³-hybridized carbons (Fsp3) is 0. The molecule has 1 aromatic heterocycles. The minimum atomic E-state index is -1.83. The van der Waals surface area contributed by atoms with Crippen molar-refractivity contribution in [2.24, 2.45) is 0 Å². The van der Waals surface area contributed by atoms with E-state index in [0.29, 0.717) is 0 Å². The summed E-state index contributed by atoms with van der Waals surface area (Å²) in [6, 6.07) is 5.72. The molecule has 5 heteroatoms. The third-order valence-electron chi connectivity index (χ3n) is 0.566. The van der Waals surface area contributed by atoms with Gasteiger partial charge in [0.15, 0.2) is 0 Å². The van der Waals surface area contributed by atoms with E-state index in [4.69, 9.17) is 15.0 Å². The monoisotopic (exact) mass is 243 g/mol. The normalized spacial score (nSPS) is 6.55. The average molecular weight is 242 g/mol. The number of nitrogens with zero attached hydrogens (tertiary/aromatic N) is 1. The van der Waals surface area contributed by atoms with Crippen molar-refractivity contribution in [3.63, 3.8) is 0 Å². The van der Waals surface area contributed by atoms with Gasteiger partial charge in [0.1, 0.15) is 0 Å². The van der Waals surface area contributed by atoms with Crippen molar-refractivity contribution in [2.45, 2.75) is 0 Å². The first kappa shape index (κ1) is 12.7. The number of hydrogen-bond donors (Lipinski definition) is 2.